The molecule has 0 aliphatic rings. The molecule has 1 N–H and O–H groups in total. The summed E-state index contributed by atoms with van der Waals surface area (Å²) in [5.41, 5.74) is 0.689. The van der Waals surface area contributed by atoms with Crippen LogP contribution < -0.4 is 10.1 Å². The fourth-order valence-corrected chi connectivity index (χ4v) is 3.31. The zero-order valence-corrected chi connectivity index (χ0v) is 19.2. The highest BCUT2D eigenvalue weighted by atomic mass is 35.5. The van der Waals surface area contributed by atoms with E-state index in [0.717, 1.165) is 12.8 Å². The van der Waals surface area contributed by atoms with Crippen molar-refractivity contribution in [1.82, 2.24) is 10.2 Å². The number of benzene rings is 2. The summed E-state index contributed by atoms with van der Waals surface area (Å²) in [5.74, 6) is -0.0558. The molecule has 0 unspecified atom stereocenters. The fraction of sp³-hybridized carbons (Fsp3) is 0.364. The first-order valence-electron chi connectivity index (χ1n) is 9.71. The molecular formula is C22H25Cl3N2O3. The first-order valence-corrected chi connectivity index (χ1v) is 10.8. The van der Waals surface area contributed by atoms with E-state index in [1.807, 2.05) is 6.92 Å². The quantitative estimate of drug-likeness (QED) is 0.475. The number of rotatable bonds is 10. The summed E-state index contributed by atoms with van der Waals surface area (Å²) in [4.78, 5) is 27.0. The summed E-state index contributed by atoms with van der Waals surface area (Å²) in [6.07, 6.45) is 1.84. The number of halogens is 3. The van der Waals surface area contributed by atoms with Crippen molar-refractivity contribution in [3.05, 3.63) is 63.1 Å². The molecule has 2 rings (SSSR count). The first-order chi connectivity index (χ1) is 14.3. The molecule has 0 aliphatic heterocycles. The molecule has 0 spiro atoms. The molecule has 2 amide bonds. The highest BCUT2D eigenvalue weighted by Crippen LogP contribution is 2.23. The van der Waals surface area contributed by atoms with E-state index >= 15 is 0 Å². The van der Waals surface area contributed by atoms with Crippen LogP contribution in [0.3, 0.4) is 0 Å². The second kappa shape index (κ2) is 12.0. The Morgan fingerprint density at radius 1 is 1.07 bits per heavy atom. The monoisotopic (exact) mass is 470 g/mol. The minimum Gasteiger partial charge on any atom is -0.484 e. The largest absolute Gasteiger partial charge is 0.484 e. The standard InChI is InChI=1S/C22H25Cl3N2O3/c1-3-4-11-26-22(29)15(2)27(13-16-5-6-18(24)12-20(16)25)21(28)14-30-19-9-7-17(23)8-10-19/h5-10,12,15H,3-4,11,13-14H2,1-2H3,(H,26,29)/t15-/m0/s1. The van der Waals surface area contributed by atoms with Crippen molar-refractivity contribution in [1.29, 1.82) is 0 Å². The molecular weight excluding hydrogens is 447 g/mol. The van der Waals surface area contributed by atoms with Gasteiger partial charge in [0.05, 0.1) is 0 Å². The maximum Gasteiger partial charge on any atom is 0.261 e. The second-order valence-electron chi connectivity index (χ2n) is 6.82. The van der Waals surface area contributed by atoms with Gasteiger partial charge in [0.25, 0.3) is 5.91 Å². The van der Waals surface area contributed by atoms with Crippen LogP contribution in [0.2, 0.25) is 15.1 Å². The lowest BCUT2D eigenvalue weighted by molar-refractivity contribution is -0.142. The van der Waals surface area contributed by atoms with Gasteiger partial charge in [-0.05, 0) is 55.3 Å². The molecule has 2 aromatic rings. The highest BCUT2D eigenvalue weighted by molar-refractivity contribution is 6.35. The summed E-state index contributed by atoms with van der Waals surface area (Å²) in [5, 5.41) is 4.37. The Morgan fingerprint density at radius 3 is 2.37 bits per heavy atom. The SMILES string of the molecule is CCCCNC(=O)[C@H](C)N(Cc1ccc(Cl)cc1Cl)C(=O)COc1ccc(Cl)cc1. The van der Waals surface area contributed by atoms with Crippen LogP contribution in [0, 0.1) is 0 Å². The van der Waals surface area contributed by atoms with Crippen LogP contribution in [0.25, 0.3) is 0 Å². The Balaban J connectivity index is 2.14. The van der Waals surface area contributed by atoms with E-state index in [1.165, 1.54) is 4.90 Å². The van der Waals surface area contributed by atoms with Crippen molar-refractivity contribution in [2.45, 2.75) is 39.3 Å². The number of nitrogens with one attached hydrogen (secondary N) is 1. The van der Waals surface area contributed by atoms with Crippen molar-refractivity contribution in [3.63, 3.8) is 0 Å². The van der Waals surface area contributed by atoms with Crippen molar-refractivity contribution in [2.24, 2.45) is 0 Å². The van der Waals surface area contributed by atoms with Crippen molar-refractivity contribution < 1.29 is 14.3 Å². The molecule has 162 valence electrons. The van der Waals surface area contributed by atoms with Gasteiger partial charge in [-0.15, -0.1) is 0 Å². The number of hydrogen-bond acceptors (Lipinski definition) is 3. The molecule has 0 bridgehead atoms. The van der Waals surface area contributed by atoms with Gasteiger partial charge in [-0.25, -0.2) is 0 Å². The summed E-state index contributed by atoms with van der Waals surface area (Å²) >= 11 is 18.1. The number of nitrogens with zero attached hydrogens (tertiary/aromatic N) is 1. The van der Waals surface area contributed by atoms with Gasteiger partial charge in [-0.3, -0.25) is 9.59 Å². The van der Waals surface area contributed by atoms with Crippen LogP contribution in [0.15, 0.2) is 42.5 Å². The minimum absolute atomic E-state index is 0.154. The number of carbonyl (C=O) groups excluding carboxylic acids is 2. The van der Waals surface area contributed by atoms with Crippen LogP contribution in [0.1, 0.15) is 32.3 Å². The van der Waals surface area contributed by atoms with Gasteiger partial charge in [0.1, 0.15) is 11.8 Å². The molecule has 0 saturated carbocycles. The number of ether oxygens (including phenoxy) is 1. The van der Waals surface area contributed by atoms with E-state index < -0.39 is 6.04 Å². The predicted molar refractivity (Wildman–Crippen MR) is 121 cm³/mol. The lowest BCUT2D eigenvalue weighted by Gasteiger charge is -2.29. The topological polar surface area (TPSA) is 58.6 Å². The number of carbonyl (C=O) groups is 2. The van der Waals surface area contributed by atoms with Crippen molar-refractivity contribution in [2.75, 3.05) is 13.2 Å². The Kier molecular flexibility index (Phi) is 9.76. The lowest BCUT2D eigenvalue weighted by atomic mass is 10.1. The highest BCUT2D eigenvalue weighted by Gasteiger charge is 2.27. The van der Waals surface area contributed by atoms with Crippen molar-refractivity contribution in [3.8, 4) is 5.75 Å². The smallest absolute Gasteiger partial charge is 0.261 e. The van der Waals surface area contributed by atoms with E-state index in [1.54, 1.807) is 49.4 Å². The average Bonchev–Trinajstić information content (AvgIpc) is 2.72. The fourth-order valence-electron chi connectivity index (χ4n) is 2.71. The van der Waals surface area contributed by atoms with Gasteiger partial charge in [0, 0.05) is 28.2 Å². The van der Waals surface area contributed by atoms with Gasteiger partial charge < -0.3 is 15.0 Å². The van der Waals surface area contributed by atoms with Crippen LogP contribution in [0.4, 0.5) is 0 Å². The minimum atomic E-state index is -0.699. The van der Waals surface area contributed by atoms with E-state index in [9.17, 15) is 9.59 Å². The van der Waals surface area contributed by atoms with E-state index in [2.05, 4.69) is 5.32 Å². The van der Waals surface area contributed by atoms with Crippen LogP contribution >= 0.6 is 34.8 Å². The molecule has 0 aliphatic carbocycles. The summed E-state index contributed by atoms with van der Waals surface area (Å²) in [6, 6.07) is 11.1. The summed E-state index contributed by atoms with van der Waals surface area (Å²) in [6.45, 7) is 4.22. The lowest BCUT2D eigenvalue weighted by Crippen LogP contribution is -2.49. The Bertz CT molecular complexity index is 859. The molecule has 2 aromatic carbocycles. The van der Waals surface area contributed by atoms with Gasteiger partial charge in [0.2, 0.25) is 5.91 Å². The number of amides is 2. The number of unbranched alkanes of at least 4 members (excludes halogenated alkanes) is 1. The molecule has 0 aromatic heterocycles. The van der Waals surface area contributed by atoms with Crippen LogP contribution in [-0.2, 0) is 16.1 Å². The first kappa shape index (κ1) is 24.3. The third-order valence-electron chi connectivity index (χ3n) is 4.53. The average molecular weight is 472 g/mol. The van der Waals surface area contributed by atoms with Gasteiger partial charge in [-0.2, -0.15) is 0 Å². The summed E-state index contributed by atoms with van der Waals surface area (Å²) < 4.78 is 5.58. The van der Waals surface area contributed by atoms with E-state index in [0.29, 0.717) is 32.9 Å². The maximum absolute atomic E-state index is 13.0. The molecule has 8 heteroatoms. The van der Waals surface area contributed by atoms with Crippen LogP contribution in [0.5, 0.6) is 5.75 Å². The van der Waals surface area contributed by atoms with Gasteiger partial charge in [-0.1, -0.05) is 54.2 Å². The number of hydrogen-bond donors (Lipinski definition) is 1. The Morgan fingerprint density at radius 2 is 1.73 bits per heavy atom. The normalized spacial score (nSPS) is 11.6. The molecule has 0 fully saturated rings. The maximum atomic E-state index is 13.0. The molecule has 0 saturated heterocycles. The molecule has 0 radical (unpaired) electrons. The van der Waals surface area contributed by atoms with Gasteiger partial charge >= 0.3 is 0 Å². The Labute approximate surface area is 192 Å². The molecule has 1 atom stereocenters. The van der Waals surface area contributed by atoms with Crippen molar-refractivity contribution >= 4 is 46.6 Å². The van der Waals surface area contributed by atoms with Gasteiger partial charge in [0.15, 0.2) is 6.61 Å². The zero-order valence-electron chi connectivity index (χ0n) is 17.0. The third-order valence-corrected chi connectivity index (χ3v) is 5.37. The summed E-state index contributed by atoms with van der Waals surface area (Å²) in [7, 11) is 0. The predicted octanol–water partition coefficient (Wildman–Crippen LogP) is 5.36. The zero-order chi connectivity index (χ0) is 22.1. The van der Waals surface area contributed by atoms with E-state index in [-0.39, 0.29) is 25.0 Å². The van der Waals surface area contributed by atoms with Crippen LogP contribution in [-0.4, -0.2) is 35.9 Å². The molecule has 5 nitrogen and oxygen atoms in total. The van der Waals surface area contributed by atoms with E-state index in [4.69, 9.17) is 39.5 Å². The molecule has 30 heavy (non-hydrogen) atoms. The molecule has 0 heterocycles. The Hall–Kier alpha value is -1.95. The third kappa shape index (κ3) is 7.38. The second-order valence-corrected chi connectivity index (χ2v) is 8.10.